The summed E-state index contributed by atoms with van der Waals surface area (Å²) in [5.74, 6) is 2.73. The third-order valence-electron chi connectivity index (χ3n) is 2.95. The molecule has 0 aromatic carbocycles. The van der Waals surface area contributed by atoms with E-state index in [1.165, 1.54) is 0 Å². The van der Waals surface area contributed by atoms with Gasteiger partial charge >= 0.3 is 0 Å². The Bertz CT molecular complexity index is 350. The lowest BCUT2D eigenvalue weighted by molar-refractivity contribution is 0.544. The highest BCUT2D eigenvalue weighted by molar-refractivity contribution is 5.48. The lowest BCUT2D eigenvalue weighted by Gasteiger charge is -2.25. The highest BCUT2D eigenvalue weighted by Crippen LogP contribution is 2.19. The Kier molecular flexibility index (Phi) is 5.38. The Morgan fingerprint density at radius 1 is 1.11 bits per heavy atom. The van der Waals surface area contributed by atoms with Gasteiger partial charge in [-0.05, 0) is 33.6 Å². The first-order valence-electron chi connectivity index (χ1n) is 6.90. The molecule has 0 bridgehead atoms. The molecule has 0 fully saturated rings. The van der Waals surface area contributed by atoms with Gasteiger partial charge in [-0.15, -0.1) is 0 Å². The van der Waals surface area contributed by atoms with Crippen molar-refractivity contribution in [2.45, 2.75) is 59.4 Å². The van der Waals surface area contributed by atoms with E-state index in [9.17, 15) is 0 Å². The van der Waals surface area contributed by atoms with Crippen LogP contribution in [0.2, 0.25) is 0 Å². The summed E-state index contributed by atoms with van der Waals surface area (Å²) in [6, 6.07) is 1.99. The first-order chi connectivity index (χ1) is 8.50. The van der Waals surface area contributed by atoms with Gasteiger partial charge in [0.05, 0.1) is 0 Å². The van der Waals surface area contributed by atoms with E-state index in [1.807, 2.05) is 6.07 Å². The average molecular weight is 250 g/mol. The van der Waals surface area contributed by atoms with Gasteiger partial charge in [-0.25, -0.2) is 9.97 Å². The zero-order valence-electron chi connectivity index (χ0n) is 12.3. The first kappa shape index (κ1) is 14.7. The maximum atomic E-state index is 4.58. The van der Waals surface area contributed by atoms with E-state index in [0.717, 1.165) is 43.3 Å². The van der Waals surface area contributed by atoms with Gasteiger partial charge in [0.15, 0.2) is 0 Å². The van der Waals surface area contributed by atoms with Crippen LogP contribution in [0.4, 0.5) is 11.6 Å². The van der Waals surface area contributed by atoms with Crippen molar-refractivity contribution in [3.63, 3.8) is 0 Å². The van der Waals surface area contributed by atoms with E-state index in [0.29, 0.717) is 0 Å². The monoisotopic (exact) mass is 250 g/mol. The molecular formula is C14H26N4. The van der Waals surface area contributed by atoms with Crippen LogP contribution in [0.25, 0.3) is 0 Å². The Morgan fingerprint density at radius 2 is 1.78 bits per heavy atom. The fraction of sp³-hybridized carbons (Fsp3) is 0.714. The van der Waals surface area contributed by atoms with Gasteiger partial charge in [-0.1, -0.05) is 13.8 Å². The van der Waals surface area contributed by atoms with Gasteiger partial charge in [0, 0.05) is 24.6 Å². The van der Waals surface area contributed by atoms with Crippen LogP contribution in [0, 0.1) is 0 Å². The predicted octanol–water partition coefficient (Wildman–Crippen LogP) is 3.46. The van der Waals surface area contributed by atoms with Crippen molar-refractivity contribution in [1.82, 2.24) is 9.97 Å². The van der Waals surface area contributed by atoms with Gasteiger partial charge in [0.25, 0.3) is 0 Å². The molecule has 1 heterocycles. The smallest absolute Gasteiger partial charge is 0.133 e. The number of anilines is 2. The van der Waals surface area contributed by atoms with Crippen molar-refractivity contribution < 1.29 is 0 Å². The molecule has 1 aromatic heterocycles. The molecule has 1 aromatic rings. The van der Waals surface area contributed by atoms with E-state index < -0.39 is 0 Å². The van der Waals surface area contributed by atoms with Crippen LogP contribution in [0.1, 0.15) is 53.3 Å². The minimum Gasteiger partial charge on any atom is -0.370 e. The number of aryl methyl sites for hydroxylation is 1. The molecule has 2 N–H and O–H groups in total. The summed E-state index contributed by atoms with van der Waals surface area (Å²) in [5, 5.41) is 6.73. The van der Waals surface area contributed by atoms with Crippen LogP contribution in [0.15, 0.2) is 6.07 Å². The van der Waals surface area contributed by atoms with Gasteiger partial charge < -0.3 is 10.6 Å². The standard InChI is InChI=1S/C14H26N4/c1-6-9-11-16-12(15-8-3)10-13(17-11)18-14(4,5)7-2/h10H,6-9H2,1-5H3,(H2,15,16,17,18). The SMILES string of the molecule is CCCc1nc(NCC)cc(NC(C)(C)CC)n1. The molecule has 0 unspecified atom stereocenters. The predicted molar refractivity (Wildman–Crippen MR) is 78.2 cm³/mol. The zero-order valence-corrected chi connectivity index (χ0v) is 12.3. The van der Waals surface area contributed by atoms with E-state index in [1.54, 1.807) is 0 Å². The molecule has 4 nitrogen and oxygen atoms in total. The summed E-state index contributed by atoms with van der Waals surface area (Å²) < 4.78 is 0. The van der Waals surface area contributed by atoms with Gasteiger partial charge in [-0.2, -0.15) is 0 Å². The summed E-state index contributed by atoms with van der Waals surface area (Å²) in [5.41, 5.74) is 0.0569. The summed E-state index contributed by atoms with van der Waals surface area (Å²) in [6.45, 7) is 11.6. The van der Waals surface area contributed by atoms with Gasteiger partial charge in [0.2, 0.25) is 0 Å². The maximum absolute atomic E-state index is 4.58. The number of rotatable bonds is 7. The fourth-order valence-corrected chi connectivity index (χ4v) is 1.60. The highest BCUT2D eigenvalue weighted by Gasteiger charge is 2.16. The second-order valence-electron chi connectivity index (χ2n) is 5.20. The van der Waals surface area contributed by atoms with Crippen LogP contribution in [0.5, 0.6) is 0 Å². The zero-order chi connectivity index (χ0) is 13.6. The normalized spacial score (nSPS) is 11.4. The van der Waals surface area contributed by atoms with Crippen LogP contribution in [-0.2, 0) is 6.42 Å². The second kappa shape index (κ2) is 6.57. The number of nitrogens with one attached hydrogen (secondary N) is 2. The first-order valence-corrected chi connectivity index (χ1v) is 6.90. The number of nitrogens with zero attached hydrogens (tertiary/aromatic N) is 2. The fourth-order valence-electron chi connectivity index (χ4n) is 1.60. The molecule has 0 radical (unpaired) electrons. The molecule has 0 spiro atoms. The van der Waals surface area contributed by atoms with E-state index in [2.05, 4.69) is 55.2 Å². The molecule has 1 rings (SSSR count). The van der Waals surface area contributed by atoms with Crippen molar-refractivity contribution in [1.29, 1.82) is 0 Å². The molecule has 4 heteroatoms. The van der Waals surface area contributed by atoms with E-state index in [4.69, 9.17) is 0 Å². The molecule has 0 aliphatic heterocycles. The number of hydrogen-bond donors (Lipinski definition) is 2. The molecule has 0 atom stereocenters. The Balaban J connectivity index is 2.95. The van der Waals surface area contributed by atoms with Gasteiger partial charge in [0.1, 0.15) is 17.5 Å². The second-order valence-corrected chi connectivity index (χ2v) is 5.20. The quantitative estimate of drug-likeness (QED) is 0.778. The Labute approximate surface area is 111 Å². The number of hydrogen-bond acceptors (Lipinski definition) is 4. The molecule has 0 amide bonds. The third kappa shape index (κ3) is 4.51. The molecule has 0 aliphatic carbocycles. The van der Waals surface area contributed by atoms with Crippen molar-refractivity contribution in [3.05, 3.63) is 11.9 Å². The summed E-state index contributed by atoms with van der Waals surface area (Å²) in [4.78, 5) is 9.08. The molecule has 102 valence electrons. The highest BCUT2D eigenvalue weighted by atomic mass is 15.1. The Morgan fingerprint density at radius 3 is 2.33 bits per heavy atom. The molecular weight excluding hydrogens is 224 g/mol. The van der Waals surface area contributed by atoms with Crippen LogP contribution in [-0.4, -0.2) is 22.1 Å². The van der Waals surface area contributed by atoms with Crippen LogP contribution in [0.3, 0.4) is 0 Å². The average Bonchev–Trinajstić information content (AvgIpc) is 2.29. The largest absolute Gasteiger partial charge is 0.370 e. The third-order valence-corrected chi connectivity index (χ3v) is 2.95. The Hall–Kier alpha value is -1.32. The van der Waals surface area contributed by atoms with E-state index in [-0.39, 0.29) is 5.54 Å². The number of aromatic nitrogens is 2. The molecule has 0 saturated carbocycles. The van der Waals surface area contributed by atoms with Crippen molar-refractivity contribution >= 4 is 11.6 Å². The summed E-state index contributed by atoms with van der Waals surface area (Å²) in [7, 11) is 0. The van der Waals surface area contributed by atoms with Crippen molar-refractivity contribution in [3.8, 4) is 0 Å². The van der Waals surface area contributed by atoms with Gasteiger partial charge in [-0.3, -0.25) is 0 Å². The van der Waals surface area contributed by atoms with Crippen LogP contribution >= 0.6 is 0 Å². The van der Waals surface area contributed by atoms with Crippen molar-refractivity contribution in [2.75, 3.05) is 17.2 Å². The molecule has 0 saturated heterocycles. The minimum atomic E-state index is 0.0569. The van der Waals surface area contributed by atoms with Crippen LogP contribution < -0.4 is 10.6 Å². The van der Waals surface area contributed by atoms with E-state index >= 15 is 0 Å². The summed E-state index contributed by atoms with van der Waals surface area (Å²) in [6.07, 6.45) is 3.03. The maximum Gasteiger partial charge on any atom is 0.133 e. The lowest BCUT2D eigenvalue weighted by atomic mass is 10.0. The molecule has 0 aliphatic rings. The summed E-state index contributed by atoms with van der Waals surface area (Å²) >= 11 is 0. The lowest BCUT2D eigenvalue weighted by Crippen LogP contribution is -2.30. The minimum absolute atomic E-state index is 0.0569. The molecule has 18 heavy (non-hydrogen) atoms. The topological polar surface area (TPSA) is 49.8 Å². The van der Waals surface area contributed by atoms with Crippen molar-refractivity contribution in [2.24, 2.45) is 0 Å².